The first-order valence-electron chi connectivity index (χ1n) is 12.4. The first-order valence-corrected chi connectivity index (χ1v) is 13.2. The molecule has 1 amide bonds. The van der Waals surface area contributed by atoms with Gasteiger partial charge in [-0.1, -0.05) is 20.8 Å². The predicted octanol–water partition coefficient (Wildman–Crippen LogP) is 3.44. The molecule has 0 bridgehead atoms. The van der Waals surface area contributed by atoms with Crippen molar-refractivity contribution in [3.63, 3.8) is 0 Å². The van der Waals surface area contributed by atoms with Crippen molar-refractivity contribution in [2.24, 2.45) is 17.6 Å². The summed E-state index contributed by atoms with van der Waals surface area (Å²) in [7, 11) is 3.86. The highest BCUT2D eigenvalue weighted by atomic mass is 32.2. The number of aliphatic hydroxyl groups excluding tert-OH is 1. The fourth-order valence-electron chi connectivity index (χ4n) is 3.92. The van der Waals surface area contributed by atoms with E-state index in [1.54, 1.807) is 24.1 Å². The number of amides is 1. The van der Waals surface area contributed by atoms with Crippen LogP contribution in [-0.2, 0) is 0 Å². The number of benzene rings is 1. The second kappa shape index (κ2) is 12.7. The molecule has 0 saturated heterocycles. The van der Waals surface area contributed by atoms with Crippen LogP contribution in [0.5, 0.6) is 5.75 Å². The number of anilines is 2. The Morgan fingerprint density at radius 2 is 1.84 bits per heavy atom. The highest BCUT2D eigenvalue weighted by Crippen LogP contribution is 2.38. The van der Waals surface area contributed by atoms with Crippen molar-refractivity contribution in [1.82, 2.24) is 10.3 Å². The molecule has 0 radical (unpaired) electrons. The van der Waals surface area contributed by atoms with Gasteiger partial charge in [-0.05, 0) is 42.3 Å². The molecule has 4 unspecified atom stereocenters. The molecule has 204 valence electrons. The summed E-state index contributed by atoms with van der Waals surface area (Å²) in [5.74, 6) is 0.479. The Hall–Kier alpha value is -2.63. The number of rotatable bonds is 13. The number of carbonyl (C=O) groups is 1. The zero-order valence-electron chi connectivity index (χ0n) is 21.9. The highest BCUT2D eigenvalue weighted by Gasteiger charge is 2.33. The fourth-order valence-corrected chi connectivity index (χ4v) is 4.76. The lowest BCUT2D eigenvalue weighted by atomic mass is 10.1. The number of halogens is 2. The Morgan fingerprint density at radius 1 is 1.22 bits per heavy atom. The van der Waals surface area contributed by atoms with E-state index in [9.17, 15) is 18.7 Å². The number of hydrogen-bond donors (Lipinski definition) is 3. The van der Waals surface area contributed by atoms with Gasteiger partial charge < -0.3 is 30.1 Å². The van der Waals surface area contributed by atoms with Gasteiger partial charge in [-0.25, -0.2) is 13.8 Å². The minimum atomic E-state index is -1.14. The van der Waals surface area contributed by atoms with Gasteiger partial charge in [0, 0.05) is 56.2 Å². The van der Waals surface area contributed by atoms with Crippen LogP contribution in [0.15, 0.2) is 30.3 Å². The summed E-state index contributed by atoms with van der Waals surface area (Å²) in [6.45, 7) is 6.82. The number of nitrogens with zero attached hydrogens (tertiary/aromatic N) is 3. The topological polar surface area (TPSA) is 104 Å². The summed E-state index contributed by atoms with van der Waals surface area (Å²) >= 11 is 1.59. The van der Waals surface area contributed by atoms with E-state index in [0.717, 1.165) is 24.7 Å². The molecule has 1 saturated carbocycles. The van der Waals surface area contributed by atoms with Gasteiger partial charge in [0.1, 0.15) is 35.6 Å². The largest absolute Gasteiger partial charge is 0.491 e. The van der Waals surface area contributed by atoms with Crippen LogP contribution < -0.4 is 25.0 Å². The fraction of sp³-hybridized carbons (Fsp3) is 0.538. The first-order chi connectivity index (χ1) is 17.5. The van der Waals surface area contributed by atoms with Crippen molar-refractivity contribution in [2.45, 2.75) is 44.6 Å². The van der Waals surface area contributed by atoms with E-state index in [4.69, 9.17) is 15.5 Å². The van der Waals surface area contributed by atoms with Crippen LogP contribution in [0.1, 0.15) is 37.6 Å². The lowest BCUT2D eigenvalue weighted by Crippen LogP contribution is -2.50. The minimum Gasteiger partial charge on any atom is -0.491 e. The number of ether oxygens (including phenoxy) is 1. The second-order valence-corrected chi connectivity index (χ2v) is 11.6. The molecule has 1 aromatic carbocycles. The van der Waals surface area contributed by atoms with Crippen LogP contribution >= 0.6 is 11.9 Å². The van der Waals surface area contributed by atoms with Crippen LogP contribution in [-0.4, -0.2) is 67.2 Å². The second-order valence-electron chi connectivity index (χ2n) is 9.88. The number of pyridine rings is 1. The molecule has 37 heavy (non-hydrogen) atoms. The van der Waals surface area contributed by atoms with Crippen LogP contribution in [0, 0.1) is 23.5 Å². The van der Waals surface area contributed by atoms with E-state index in [2.05, 4.69) is 31.0 Å². The first kappa shape index (κ1) is 28.9. The lowest BCUT2D eigenvalue weighted by Gasteiger charge is -2.26. The third kappa shape index (κ3) is 8.44. The number of hydrogen-bond acceptors (Lipinski definition) is 8. The van der Waals surface area contributed by atoms with E-state index in [1.807, 2.05) is 18.4 Å². The molecule has 0 aliphatic heterocycles. The molecule has 1 aliphatic rings. The maximum Gasteiger partial charge on any atom is 0.251 e. The molecule has 2 aromatic rings. The summed E-state index contributed by atoms with van der Waals surface area (Å²) < 4.78 is 34.4. The van der Waals surface area contributed by atoms with E-state index in [-0.39, 0.29) is 18.9 Å². The normalized spacial score (nSPS) is 18.3. The number of nitrogens with one attached hydrogen (secondary N) is 1. The molecule has 8 nitrogen and oxygen atoms in total. The predicted molar refractivity (Wildman–Crippen MR) is 144 cm³/mol. The third-order valence-electron chi connectivity index (χ3n) is 6.22. The standard InChI is InChI=1S/C26H37F2N5O3S/c1-15(2)37-33(5)25-8-17(7-24(31-25)32(4)13-18-6-16(18)3)26(35)30-22(23(34)12-29)14-36-21-10-19(27)9-20(28)11-21/h7-11,15-16,18,22-23,34H,6,12-14,29H2,1-5H3,(H,30,35). The average molecular weight is 538 g/mol. The summed E-state index contributed by atoms with van der Waals surface area (Å²) in [6.07, 6.45) is 0.0373. The smallest absolute Gasteiger partial charge is 0.251 e. The molecule has 1 heterocycles. The zero-order valence-corrected chi connectivity index (χ0v) is 22.8. The van der Waals surface area contributed by atoms with Crippen LogP contribution in [0.2, 0.25) is 0 Å². The van der Waals surface area contributed by atoms with Gasteiger partial charge in [0.15, 0.2) is 0 Å². The maximum atomic E-state index is 13.5. The molecule has 1 aliphatic carbocycles. The Bertz CT molecular complexity index is 1060. The Morgan fingerprint density at radius 3 is 2.41 bits per heavy atom. The summed E-state index contributed by atoms with van der Waals surface area (Å²) in [5.41, 5.74) is 6.00. The van der Waals surface area contributed by atoms with Crippen molar-refractivity contribution in [1.29, 1.82) is 0 Å². The molecule has 4 atom stereocenters. The van der Waals surface area contributed by atoms with E-state index in [1.165, 1.54) is 6.42 Å². The quantitative estimate of drug-likeness (QED) is 0.334. The Balaban J connectivity index is 1.81. The van der Waals surface area contributed by atoms with Crippen molar-refractivity contribution in [2.75, 3.05) is 43.0 Å². The molecular weight excluding hydrogens is 500 g/mol. The average Bonchev–Trinajstić information content (AvgIpc) is 3.53. The molecule has 3 rings (SSSR count). The number of nitrogens with two attached hydrogens (primary N) is 1. The Kier molecular flexibility index (Phi) is 9.97. The third-order valence-corrected chi connectivity index (χ3v) is 7.14. The van der Waals surface area contributed by atoms with E-state index >= 15 is 0 Å². The van der Waals surface area contributed by atoms with E-state index < -0.39 is 29.7 Å². The van der Waals surface area contributed by atoms with Gasteiger partial charge in [0.2, 0.25) is 0 Å². The molecule has 1 fully saturated rings. The molecule has 0 spiro atoms. The van der Waals surface area contributed by atoms with Crippen molar-refractivity contribution < 1.29 is 23.4 Å². The number of carbonyl (C=O) groups excluding carboxylic acids is 1. The van der Waals surface area contributed by atoms with Gasteiger partial charge >= 0.3 is 0 Å². The molecular formula is C26H37F2N5O3S. The van der Waals surface area contributed by atoms with E-state index in [0.29, 0.717) is 34.3 Å². The van der Waals surface area contributed by atoms with Gasteiger partial charge in [-0.3, -0.25) is 4.79 Å². The summed E-state index contributed by atoms with van der Waals surface area (Å²) in [5, 5.41) is 13.5. The molecule has 4 N–H and O–H groups in total. The zero-order chi connectivity index (χ0) is 27.3. The van der Waals surface area contributed by atoms with Crippen molar-refractivity contribution >= 4 is 29.5 Å². The van der Waals surface area contributed by atoms with Gasteiger partial charge in [-0.15, -0.1) is 0 Å². The minimum absolute atomic E-state index is 0.0577. The highest BCUT2D eigenvalue weighted by molar-refractivity contribution is 8.01. The monoisotopic (exact) mass is 537 g/mol. The maximum absolute atomic E-state index is 13.5. The number of aliphatic hydroxyl groups is 1. The van der Waals surface area contributed by atoms with Crippen LogP contribution in [0.4, 0.5) is 20.4 Å². The molecule has 1 aromatic heterocycles. The number of aromatic nitrogens is 1. The van der Waals surface area contributed by atoms with Gasteiger partial charge in [0.05, 0.1) is 12.1 Å². The van der Waals surface area contributed by atoms with Crippen LogP contribution in [0.25, 0.3) is 0 Å². The van der Waals surface area contributed by atoms with Crippen molar-refractivity contribution in [3.05, 3.63) is 47.5 Å². The van der Waals surface area contributed by atoms with Gasteiger partial charge in [0.25, 0.3) is 5.91 Å². The van der Waals surface area contributed by atoms with Crippen LogP contribution in [0.3, 0.4) is 0 Å². The summed E-state index contributed by atoms with van der Waals surface area (Å²) in [6, 6.07) is 5.27. The summed E-state index contributed by atoms with van der Waals surface area (Å²) in [4.78, 5) is 20.2. The lowest BCUT2D eigenvalue weighted by molar-refractivity contribution is 0.0759. The van der Waals surface area contributed by atoms with Crippen molar-refractivity contribution in [3.8, 4) is 5.75 Å². The molecule has 11 heteroatoms. The SMILES string of the molecule is CC(C)SN(C)c1cc(C(=O)NC(COc2cc(F)cc(F)c2)C(O)CN)cc(N(C)CC2CC2C)n1. The Labute approximate surface area is 221 Å². The van der Waals surface area contributed by atoms with Gasteiger partial charge in [-0.2, -0.15) is 0 Å².